The number of hydrogen-bond donors (Lipinski definition) is 2. The zero-order valence-electron chi connectivity index (χ0n) is 15.6. The fraction of sp³-hybridized carbons (Fsp3) is 0.450. The smallest absolute Gasteiger partial charge is 0.357 e. The minimum absolute atomic E-state index is 0.149. The van der Waals surface area contributed by atoms with Gasteiger partial charge in [-0.25, -0.2) is 18.5 Å². The lowest BCUT2D eigenvalue weighted by Gasteiger charge is -2.21. The number of fused-ring (bicyclic) bond motifs is 2. The molecule has 2 fully saturated rings. The molecule has 7 nitrogen and oxygen atoms in total. The molecular formula is C20H22FN4O3+. The average Bonchev–Trinajstić information content (AvgIpc) is 3.41. The van der Waals surface area contributed by atoms with Crippen molar-refractivity contribution in [3.63, 3.8) is 0 Å². The molecule has 2 aromatic heterocycles. The van der Waals surface area contributed by atoms with Crippen LogP contribution in [0.4, 0.5) is 10.1 Å². The Balaban J connectivity index is 1.72. The Morgan fingerprint density at radius 2 is 2.18 bits per heavy atom. The number of aryl methyl sites for hydroxylation is 1. The Labute approximate surface area is 160 Å². The number of nitrogens with one attached hydrogen (secondary N) is 1. The molecule has 0 amide bonds. The highest BCUT2D eigenvalue weighted by Crippen LogP contribution is 2.34. The van der Waals surface area contributed by atoms with E-state index in [0.29, 0.717) is 30.0 Å². The highest BCUT2D eigenvalue weighted by molar-refractivity contribution is 5.86. The topological polar surface area (TPSA) is 77.9 Å². The number of anilines is 1. The van der Waals surface area contributed by atoms with Crippen LogP contribution in [0, 0.1) is 12.7 Å². The summed E-state index contributed by atoms with van der Waals surface area (Å²) < 4.78 is 18.2. The summed E-state index contributed by atoms with van der Waals surface area (Å²) in [5.74, 6) is -1.80. The van der Waals surface area contributed by atoms with Crippen molar-refractivity contribution in [2.24, 2.45) is 0 Å². The van der Waals surface area contributed by atoms with Gasteiger partial charge in [-0.3, -0.25) is 0 Å². The minimum atomic E-state index is -1.29. The van der Waals surface area contributed by atoms with Crippen molar-refractivity contribution in [3.8, 4) is 0 Å². The SMILES string of the molecule is Cc1c(N2CC3=CCCNC3C2)c(F)cn2c(=O)c(C(=O)O)c[n+](C3CC3)c12. The third kappa shape index (κ3) is 2.55. The van der Waals surface area contributed by atoms with E-state index < -0.39 is 17.3 Å². The molecule has 1 atom stereocenters. The van der Waals surface area contributed by atoms with Crippen LogP contribution in [-0.2, 0) is 0 Å². The van der Waals surface area contributed by atoms with Crippen molar-refractivity contribution in [2.45, 2.75) is 38.3 Å². The molecule has 4 heterocycles. The van der Waals surface area contributed by atoms with Crippen molar-refractivity contribution in [1.82, 2.24) is 9.72 Å². The van der Waals surface area contributed by atoms with Gasteiger partial charge in [-0.1, -0.05) is 6.08 Å². The highest BCUT2D eigenvalue weighted by atomic mass is 19.1. The van der Waals surface area contributed by atoms with Gasteiger partial charge in [0, 0.05) is 19.1 Å². The third-order valence-corrected chi connectivity index (χ3v) is 6.00. The Kier molecular flexibility index (Phi) is 3.80. The maximum atomic E-state index is 15.2. The lowest BCUT2D eigenvalue weighted by Crippen LogP contribution is -2.42. The van der Waals surface area contributed by atoms with E-state index in [2.05, 4.69) is 11.4 Å². The first-order valence-electron chi connectivity index (χ1n) is 9.66. The van der Waals surface area contributed by atoms with E-state index in [-0.39, 0.29) is 17.6 Å². The quantitative estimate of drug-likeness (QED) is 0.613. The molecule has 0 spiro atoms. The van der Waals surface area contributed by atoms with E-state index in [1.165, 1.54) is 11.8 Å². The second-order valence-corrected chi connectivity index (χ2v) is 7.89. The molecular weight excluding hydrogens is 363 g/mol. The van der Waals surface area contributed by atoms with Gasteiger partial charge in [-0.15, -0.1) is 0 Å². The Hall–Kier alpha value is -2.74. The van der Waals surface area contributed by atoms with Crippen LogP contribution in [-0.4, -0.2) is 41.2 Å². The second kappa shape index (κ2) is 6.13. The van der Waals surface area contributed by atoms with Gasteiger partial charge in [-0.05, 0) is 38.3 Å². The first-order valence-corrected chi connectivity index (χ1v) is 9.66. The van der Waals surface area contributed by atoms with Gasteiger partial charge in [0.05, 0.1) is 11.3 Å². The van der Waals surface area contributed by atoms with Crippen LogP contribution in [0.5, 0.6) is 0 Å². The van der Waals surface area contributed by atoms with Gasteiger partial charge in [-0.2, -0.15) is 4.40 Å². The summed E-state index contributed by atoms with van der Waals surface area (Å²) in [6, 6.07) is 0.382. The molecule has 2 N–H and O–H groups in total. The van der Waals surface area contributed by atoms with Crippen LogP contribution in [0.15, 0.2) is 28.8 Å². The van der Waals surface area contributed by atoms with Crippen molar-refractivity contribution in [1.29, 1.82) is 0 Å². The van der Waals surface area contributed by atoms with E-state index in [1.54, 1.807) is 0 Å². The molecule has 0 radical (unpaired) electrons. The summed E-state index contributed by atoms with van der Waals surface area (Å²) in [4.78, 5) is 26.2. The number of nitrogens with zero attached hydrogens (tertiary/aromatic N) is 3. The number of hydrogen-bond acceptors (Lipinski definition) is 4. The molecule has 0 aromatic carbocycles. The Morgan fingerprint density at radius 3 is 2.86 bits per heavy atom. The summed E-state index contributed by atoms with van der Waals surface area (Å²) in [5.41, 5.74) is 1.98. The number of carboxylic acid groups (broad SMARTS) is 1. The van der Waals surface area contributed by atoms with Gasteiger partial charge >= 0.3 is 11.5 Å². The molecule has 146 valence electrons. The van der Waals surface area contributed by atoms with Crippen LogP contribution in [0.25, 0.3) is 5.65 Å². The normalized spacial score (nSPS) is 21.7. The summed E-state index contributed by atoms with van der Waals surface area (Å²) in [5, 5.41) is 12.9. The van der Waals surface area contributed by atoms with Crippen LogP contribution in [0.1, 0.15) is 41.2 Å². The molecule has 3 aliphatic rings. The van der Waals surface area contributed by atoms with Gasteiger partial charge < -0.3 is 15.3 Å². The molecule has 0 bridgehead atoms. The number of carbonyl (C=O) groups is 1. The summed E-state index contributed by atoms with van der Waals surface area (Å²) in [6.07, 6.45) is 7.62. The van der Waals surface area contributed by atoms with Crippen LogP contribution in [0.2, 0.25) is 0 Å². The van der Waals surface area contributed by atoms with Crippen molar-refractivity contribution >= 4 is 17.3 Å². The first-order chi connectivity index (χ1) is 13.5. The largest absolute Gasteiger partial charge is 0.477 e. The second-order valence-electron chi connectivity index (χ2n) is 7.89. The van der Waals surface area contributed by atoms with Gasteiger partial charge in [0.1, 0.15) is 18.4 Å². The number of pyridine rings is 1. The number of aromatic nitrogens is 2. The fourth-order valence-corrected chi connectivity index (χ4v) is 4.55. The van der Waals surface area contributed by atoms with Gasteiger partial charge in [0.25, 0.3) is 5.65 Å². The lowest BCUT2D eigenvalue weighted by atomic mass is 10.1. The van der Waals surface area contributed by atoms with Crippen molar-refractivity contribution in [3.05, 3.63) is 51.3 Å². The number of halogens is 1. The van der Waals surface area contributed by atoms with Crippen LogP contribution in [0.3, 0.4) is 0 Å². The molecule has 28 heavy (non-hydrogen) atoms. The predicted molar refractivity (Wildman–Crippen MR) is 100 cm³/mol. The van der Waals surface area contributed by atoms with E-state index in [0.717, 1.165) is 36.4 Å². The molecule has 1 aliphatic carbocycles. The van der Waals surface area contributed by atoms with Crippen molar-refractivity contribution in [2.75, 3.05) is 24.5 Å². The number of rotatable bonds is 3. The highest BCUT2D eigenvalue weighted by Gasteiger charge is 2.37. The Morgan fingerprint density at radius 1 is 1.39 bits per heavy atom. The number of aromatic carboxylic acids is 1. The molecule has 1 saturated heterocycles. The zero-order chi connectivity index (χ0) is 19.6. The summed E-state index contributed by atoms with van der Waals surface area (Å²) >= 11 is 0. The first kappa shape index (κ1) is 17.4. The maximum absolute atomic E-state index is 15.2. The molecule has 8 heteroatoms. The molecule has 2 aliphatic heterocycles. The summed E-state index contributed by atoms with van der Waals surface area (Å²) in [6.45, 7) is 4.08. The Bertz CT molecular complexity index is 1100. The predicted octanol–water partition coefficient (Wildman–Crippen LogP) is 1.18. The standard InChI is InChI=1S/C20H21FN4O3/c1-11-17(23-7-12-3-2-6-22-16(12)10-23)15(21)9-25-18(11)24(13-4-5-13)8-14(19(25)26)20(27)28/h3,8-9,13,16,22H,2,4-7,10H2,1H3/p+1. The van der Waals surface area contributed by atoms with Gasteiger partial charge in [0.2, 0.25) is 0 Å². The lowest BCUT2D eigenvalue weighted by molar-refractivity contribution is -0.678. The third-order valence-electron chi connectivity index (χ3n) is 6.00. The van der Waals surface area contributed by atoms with Gasteiger partial charge in [0.15, 0.2) is 11.4 Å². The maximum Gasteiger partial charge on any atom is 0.357 e. The monoisotopic (exact) mass is 385 g/mol. The molecule has 5 rings (SSSR count). The van der Waals surface area contributed by atoms with Crippen molar-refractivity contribution < 1.29 is 18.9 Å². The van der Waals surface area contributed by atoms with Crippen LogP contribution >= 0.6 is 0 Å². The zero-order valence-corrected chi connectivity index (χ0v) is 15.6. The van der Waals surface area contributed by atoms with E-state index in [9.17, 15) is 14.7 Å². The molecule has 1 saturated carbocycles. The fourth-order valence-electron chi connectivity index (χ4n) is 4.55. The van der Waals surface area contributed by atoms with Crippen LogP contribution < -0.4 is 20.3 Å². The molecule has 1 unspecified atom stereocenters. The average molecular weight is 385 g/mol. The van der Waals surface area contributed by atoms with E-state index in [1.807, 2.05) is 16.4 Å². The number of carboxylic acids is 1. The summed E-state index contributed by atoms with van der Waals surface area (Å²) in [7, 11) is 0. The minimum Gasteiger partial charge on any atom is -0.477 e. The molecule has 2 aromatic rings. The van der Waals surface area contributed by atoms with E-state index >= 15 is 4.39 Å². The van der Waals surface area contributed by atoms with E-state index in [4.69, 9.17) is 0 Å².